The van der Waals surface area contributed by atoms with Gasteiger partial charge < -0.3 is 5.32 Å². The smallest absolute Gasteiger partial charge is 0.269 e. The molecule has 1 rings (SSSR count). The number of hydrogen-bond acceptors (Lipinski definition) is 3. The topological polar surface area (TPSA) is 65.8 Å². The lowest BCUT2D eigenvalue weighted by Gasteiger charge is -2.01. The molecule has 0 saturated carbocycles. The molecule has 76 valence electrons. The van der Waals surface area contributed by atoms with Gasteiger partial charge in [0, 0.05) is 12.7 Å². The van der Waals surface area contributed by atoms with Crippen molar-refractivity contribution in [2.24, 2.45) is 0 Å². The molecule has 4 nitrogen and oxygen atoms in total. The van der Waals surface area contributed by atoms with Crippen LogP contribution >= 0.6 is 0 Å². The summed E-state index contributed by atoms with van der Waals surface area (Å²) in [6, 6.07) is 5.03. The van der Waals surface area contributed by atoms with E-state index in [0.717, 1.165) is 6.42 Å². The molecule has 0 aliphatic heterocycles. The molecule has 0 aliphatic carbocycles. The predicted molar refractivity (Wildman–Crippen MR) is 56.1 cm³/mol. The number of carbonyl (C=O) groups is 1. The summed E-state index contributed by atoms with van der Waals surface area (Å²) in [5, 5.41) is 11.2. The van der Waals surface area contributed by atoms with Crippen molar-refractivity contribution in [2.75, 3.05) is 6.54 Å². The Morgan fingerprint density at radius 3 is 3.00 bits per heavy atom. The minimum atomic E-state index is -0.235. The zero-order valence-electron chi connectivity index (χ0n) is 8.23. The summed E-state index contributed by atoms with van der Waals surface area (Å²) in [5.74, 6) is -0.235. The van der Waals surface area contributed by atoms with E-state index in [0.29, 0.717) is 17.8 Å². The van der Waals surface area contributed by atoms with E-state index in [-0.39, 0.29) is 5.91 Å². The van der Waals surface area contributed by atoms with Crippen LogP contribution in [0.4, 0.5) is 0 Å². The first-order valence-corrected chi connectivity index (χ1v) is 4.53. The molecule has 1 aromatic heterocycles. The van der Waals surface area contributed by atoms with Crippen LogP contribution in [0.2, 0.25) is 0 Å². The van der Waals surface area contributed by atoms with Gasteiger partial charge in [-0.15, -0.1) is 6.58 Å². The molecule has 0 unspecified atom stereocenters. The number of nitriles is 1. The van der Waals surface area contributed by atoms with Gasteiger partial charge in [-0.3, -0.25) is 4.79 Å². The van der Waals surface area contributed by atoms with Crippen molar-refractivity contribution in [3.8, 4) is 6.07 Å². The molecule has 0 atom stereocenters. The number of aromatic nitrogens is 1. The Morgan fingerprint density at radius 2 is 2.47 bits per heavy atom. The van der Waals surface area contributed by atoms with Crippen LogP contribution < -0.4 is 5.32 Å². The summed E-state index contributed by atoms with van der Waals surface area (Å²) >= 11 is 0. The van der Waals surface area contributed by atoms with E-state index in [1.165, 1.54) is 12.3 Å². The number of carbonyl (C=O) groups excluding carboxylic acids is 1. The van der Waals surface area contributed by atoms with Crippen molar-refractivity contribution in [3.05, 3.63) is 42.2 Å². The third-order valence-corrected chi connectivity index (χ3v) is 1.76. The number of amides is 1. The van der Waals surface area contributed by atoms with E-state index in [9.17, 15) is 4.79 Å². The second-order valence-corrected chi connectivity index (χ2v) is 2.88. The first-order chi connectivity index (χ1) is 7.27. The molecule has 4 heteroatoms. The van der Waals surface area contributed by atoms with Crippen molar-refractivity contribution in [1.82, 2.24) is 10.3 Å². The van der Waals surface area contributed by atoms with Crippen molar-refractivity contribution in [2.45, 2.75) is 6.42 Å². The summed E-state index contributed by atoms with van der Waals surface area (Å²) in [7, 11) is 0. The standard InChI is InChI=1S/C11H11N3O/c1-2-3-6-13-11(15)10-5-4-9(7-12)8-14-10/h2,4-5,8H,1,3,6H2,(H,13,15). The van der Waals surface area contributed by atoms with E-state index in [4.69, 9.17) is 5.26 Å². The maximum Gasteiger partial charge on any atom is 0.269 e. The first kappa shape index (κ1) is 10.9. The highest BCUT2D eigenvalue weighted by Crippen LogP contribution is 1.98. The first-order valence-electron chi connectivity index (χ1n) is 4.53. The summed E-state index contributed by atoms with van der Waals surface area (Å²) in [4.78, 5) is 15.3. The number of hydrogen-bond donors (Lipinski definition) is 1. The lowest BCUT2D eigenvalue weighted by Crippen LogP contribution is -2.24. The molecule has 0 spiro atoms. The molecular weight excluding hydrogens is 190 g/mol. The van der Waals surface area contributed by atoms with Gasteiger partial charge in [-0.1, -0.05) is 6.08 Å². The second kappa shape index (κ2) is 5.55. The second-order valence-electron chi connectivity index (χ2n) is 2.88. The highest BCUT2D eigenvalue weighted by Gasteiger charge is 2.05. The van der Waals surface area contributed by atoms with Gasteiger partial charge in [0.1, 0.15) is 11.8 Å². The monoisotopic (exact) mass is 201 g/mol. The summed E-state index contributed by atoms with van der Waals surface area (Å²) in [6.07, 6.45) is 3.83. The number of rotatable bonds is 4. The van der Waals surface area contributed by atoms with E-state index in [1.54, 1.807) is 12.1 Å². The van der Waals surface area contributed by atoms with Gasteiger partial charge in [0.25, 0.3) is 5.91 Å². The molecular formula is C11H11N3O. The fourth-order valence-electron chi connectivity index (χ4n) is 0.973. The minimum Gasteiger partial charge on any atom is -0.350 e. The maximum atomic E-state index is 11.4. The quantitative estimate of drug-likeness (QED) is 0.589. The Bertz CT molecular complexity index is 389. The zero-order chi connectivity index (χ0) is 11.1. The molecule has 15 heavy (non-hydrogen) atoms. The van der Waals surface area contributed by atoms with Crippen molar-refractivity contribution >= 4 is 5.91 Å². The molecule has 0 fully saturated rings. The van der Waals surface area contributed by atoms with Gasteiger partial charge in [-0.2, -0.15) is 5.26 Å². The molecule has 1 heterocycles. The summed E-state index contributed by atoms with van der Waals surface area (Å²) in [5.41, 5.74) is 0.760. The zero-order valence-corrected chi connectivity index (χ0v) is 8.23. The Labute approximate surface area is 88.3 Å². The summed E-state index contributed by atoms with van der Waals surface area (Å²) in [6.45, 7) is 4.10. The van der Waals surface area contributed by atoms with Gasteiger partial charge in [0.2, 0.25) is 0 Å². The maximum absolute atomic E-state index is 11.4. The van der Waals surface area contributed by atoms with Crippen LogP contribution in [0, 0.1) is 11.3 Å². The minimum absolute atomic E-state index is 0.235. The fourth-order valence-corrected chi connectivity index (χ4v) is 0.973. The van der Waals surface area contributed by atoms with E-state index >= 15 is 0 Å². The van der Waals surface area contributed by atoms with Crippen LogP contribution in [0.25, 0.3) is 0 Å². The van der Waals surface area contributed by atoms with Crippen LogP contribution in [-0.2, 0) is 0 Å². The van der Waals surface area contributed by atoms with Crippen LogP contribution in [0.1, 0.15) is 22.5 Å². The predicted octanol–water partition coefficient (Wildman–Crippen LogP) is 1.26. The average molecular weight is 201 g/mol. The van der Waals surface area contributed by atoms with Crippen LogP contribution in [0.5, 0.6) is 0 Å². The molecule has 0 saturated heterocycles. The average Bonchev–Trinajstić information content (AvgIpc) is 2.29. The third-order valence-electron chi connectivity index (χ3n) is 1.76. The van der Waals surface area contributed by atoms with Crippen molar-refractivity contribution in [1.29, 1.82) is 5.26 Å². The van der Waals surface area contributed by atoms with Crippen molar-refractivity contribution < 1.29 is 4.79 Å². The number of nitrogens with zero attached hydrogens (tertiary/aromatic N) is 2. The number of nitrogens with one attached hydrogen (secondary N) is 1. The van der Waals surface area contributed by atoms with Gasteiger partial charge in [0.05, 0.1) is 5.56 Å². The molecule has 1 aromatic rings. The largest absolute Gasteiger partial charge is 0.350 e. The number of pyridine rings is 1. The highest BCUT2D eigenvalue weighted by atomic mass is 16.1. The van der Waals surface area contributed by atoms with Crippen LogP contribution in [0.15, 0.2) is 31.0 Å². The molecule has 1 amide bonds. The van der Waals surface area contributed by atoms with E-state index in [2.05, 4.69) is 16.9 Å². The molecule has 0 radical (unpaired) electrons. The molecule has 0 bridgehead atoms. The molecule has 0 aliphatic rings. The Hall–Kier alpha value is -2.15. The van der Waals surface area contributed by atoms with Gasteiger partial charge in [-0.25, -0.2) is 4.98 Å². The summed E-state index contributed by atoms with van der Waals surface area (Å²) < 4.78 is 0. The van der Waals surface area contributed by atoms with E-state index in [1.807, 2.05) is 6.07 Å². The Balaban J connectivity index is 2.59. The third kappa shape index (κ3) is 3.24. The van der Waals surface area contributed by atoms with Gasteiger partial charge >= 0.3 is 0 Å². The van der Waals surface area contributed by atoms with Crippen LogP contribution in [-0.4, -0.2) is 17.4 Å². The normalized spacial score (nSPS) is 9.00. The highest BCUT2D eigenvalue weighted by molar-refractivity contribution is 5.92. The molecule has 0 aromatic carbocycles. The fraction of sp³-hybridized carbons (Fsp3) is 0.182. The SMILES string of the molecule is C=CCCNC(=O)c1ccc(C#N)cn1. The van der Waals surface area contributed by atoms with Gasteiger partial charge in [0.15, 0.2) is 0 Å². The molecule has 1 N–H and O–H groups in total. The Kier molecular flexibility index (Phi) is 4.05. The van der Waals surface area contributed by atoms with E-state index < -0.39 is 0 Å². The Morgan fingerprint density at radius 1 is 1.67 bits per heavy atom. The van der Waals surface area contributed by atoms with Crippen LogP contribution in [0.3, 0.4) is 0 Å². The van der Waals surface area contributed by atoms with Crippen molar-refractivity contribution in [3.63, 3.8) is 0 Å². The lowest BCUT2D eigenvalue weighted by molar-refractivity contribution is 0.0949. The van der Waals surface area contributed by atoms with Gasteiger partial charge in [-0.05, 0) is 18.6 Å². The lowest BCUT2D eigenvalue weighted by atomic mass is 10.2.